The number of carbonyl (C=O) groups is 4. The predicted octanol–water partition coefficient (Wildman–Crippen LogP) is 5.17. The van der Waals surface area contributed by atoms with Crippen LogP contribution in [0.25, 0.3) is 0 Å². The lowest BCUT2D eigenvalue weighted by Gasteiger charge is -2.12. The third kappa shape index (κ3) is 8.48. The number of anilines is 2. The highest BCUT2D eigenvalue weighted by atomic mass is 16.5. The lowest BCUT2D eigenvalue weighted by molar-refractivity contribution is -0.147. The maximum atomic E-state index is 12.2. The Hall–Kier alpha value is -4.66. The standard InChI is InChI=1S/C29H30N2O7/c1-4-36-29(35)21-8-10-22(11-9-21)31-26(33)18-37-27(34)17-16-25(32)30-23-12-14-24(15-13-23)38-28-19(2)6-5-7-20(28)3/h5-15H,4,16-18H2,1-3H3,(H,30,32)(H,31,33). The van der Waals surface area contributed by atoms with Crippen molar-refractivity contribution < 1.29 is 33.4 Å². The molecule has 9 nitrogen and oxygen atoms in total. The zero-order valence-electron chi connectivity index (χ0n) is 21.5. The maximum Gasteiger partial charge on any atom is 0.338 e. The summed E-state index contributed by atoms with van der Waals surface area (Å²) in [5.74, 6) is -0.611. The maximum absolute atomic E-state index is 12.2. The molecule has 2 amide bonds. The van der Waals surface area contributed by atoms with Crippen molar-refractivity contribution in [1.82, 2.24) is 0 Å². The molecule has 0 aliphatic carbocycles. The van der Waals surface area contributed by atoms with Crippen molar-refractivity contribution in [1.29, 1.82) is 0 Å². The minimum Gasteiger partial charge on any atom is -0.462 e. The quantitative estimate of drug-likeness (QED) is 0.336. The molecule has 2 N–H and O–H groups in total. The minimum atomic E-state index is -0.676. The zero-order chi connectivity index (χ0) is 27.5. The summed E-state index contributed by atoms with van der Waals surface area (Å²) >= 11 is 0. The van der Waals surface area contributed by atoms with Gasteiger partial charge in [0.05, 0.1) is 18.6 Å². The van der Waals surface area contributed by atoms with Crippen LogP contribution in [0.15, 0.2) is 66.7 Å². The third-order valence-electron chi connectivity index (χ3n) is 5.37. The van der Waals surface area contributed by atoms with E-state index in [1.165, 1.54) is 12.1 Å². The molecular formula is C29H30N2O7. The average Bonchev–Trinajstić information content (AvgIpc) is 2.90. The van der Waals surface area contributed by atoms with Gasteiger partial charge in [-0.2, -0.15) is 0 Å². The van der Waals surface area contributed by atoms with E-state index in [1.807, 2.05) is 32.0 Å². The predicted molar refractivity (Wildman–Crippen MR) is 142 cm³/mol. The van der Waals surface area contributed by atoms with Crippen LogP contribution in [0.4, 0.5) is 11.4 Å². The van der Waals surface area contributed by atoms with Gasteiger partial charge in [0, 0.05) is 17.8 Å². The second-order valence-electron chi connectivity index (χ2n) is 8.40. The first-order valence-corrected chi connectivity index (χ1v) is 12.1. The van der Waals surface area contributed by atoms with Crippen LogP contribution in [0.1, 0.15) is 41.3 Å². The van der Waals surface area contributed by atoms with Crippen molar-refractivity contribution in [3.05, 3.63) is 83.4 Å². The number of esters is 2. The smallest absolute Gasteiger partial charge is 0.338 e. The number of hydrogen-bond acceptors (Lipinski definition) is 7. The van der Waals surface area contributed by atoms with Gasteiger partial charge in [0.25, 0.3) is 5.91 Å². The Balaban J connectivity index is 1.37. The van der Waals surface area contributed by atoms with Crippen LogP contribution in [0.5, 0.6) is 11.5 Å². The molecule has 0 bridgehead atoms. The van der Waals surface area contributed by atoms with E-state index < -0.39 is 24.5 Å². The topological polar surface area (TPSA) is 120 Å². The number of aryl methyl sites for hydroxylation is 2. The van der Waals surface area contributed by atoms with Crippen molar-refractivity contribution >= 4 is 35.1 Å². The van der Waals surface area contributed by atoms with Gasteiger partial charge in [0.15, 0.2) is 6.61 Å². The van der Waals surface area contributed by atoms with Gasteiger partial charge >= 0.3 is 11.9 Å². The number of ether oxygens (including phenoxy) is 3. The summed E-state index contributed by atoms with van der Waals surface area (Å²) in [6.45, 7) is 5.43. The molecule has 3 rings (SSSR count). The summed E-state index contributed by atoms with van der Waals surface area (Å²) in [6, 6.07) is 19.0. The van der Waals surface area contributed by atoms with E-state index in [-0.39, 0.29) is 25.4 Å². The summed E-state index contributed by atoms with van der Waals surface area (Å²) in [5, 5.41) is 5.28. The Morgan fingerprint density at radius 2 is 1.29 bits per heavy atom. The van der Waals surface area contributed by atoms with E-state index >= 15 is 0 Å². The number of benzene rings is 3. The van der Waals surface area contributed by atoms with Gasteiger partial charge in [0.2, 0.25) is 5.91 Å². The van der Waals surface area contributed by atoms with Crippen LogP contribution < -0.4 is 15.4 Å². The van der Waals surface area contributed by atoms with E-state index in [2.05, 4.69) is 10.6 Å². The van der Waals surface area contributed by atoms with Crippen molar-refractivity contribution in [3.63, 3.8) is 0 Å². The molecule has 0 radical (unpaired) electrons. The molecule has 38 heavy (non-hydrogen) atoms. The molecule has 0 aliphatic rings. The summed E-state index contributed by atoms with van der Waals surface area (Å²) in [5.41, 5.74) is 3.40. The molecule has 0 spiro atoms. The number of para-hydroxylation sites is 1. The van der Waals surface area contributed by atoms with E-state index in [4.69, 9.17) is 14.2 Å². The molecule has 9 heteroatoms. The normalized spacial score (nSPS) is 10.3. The monoisotopic (exact) mass is 518 g/mol. The van der Waals surface area contributed by atoms with Crippen molar-refractivity contribution in [3.8, 4) is 11.5 Å². The fraction of sp³-hybridized carbons (Fsp3) is 0.241. The molecule has 0 aromatic heterocycles. The Morgan fingerprint density at radius 3 is 1.89 bits per heavy atom. The first-order valence-electron chi connectivity index (χ1n) is 12.1. The summed E-state index contributed by atoms with van der Waals surface area (Å²) < 4.78 is 15.8. The average molecular weight is 519 g/mol. The molecule has 0 heterocycles. The highest BCUT2D eigenvalue weighted by molar-refractivity contribution is 5.95. The summed E-state index contributed by atoms with van der Waals surface area (Å²) in [7, 11) is 0. The third-order valence-corrected chi connectivity index (χ3v) is 5.37. The van der Waals surface area contributed by atoms with Gasteiger partial charge in [-0.1, -0.05) is 18.2 Å². The summed E-state index contributed by atoms with van der Waals surface area (Å²) in [6.07, 6.45) is -0.280. The fourth-order valence-corrected chi connectivity index (χ4v) is 3.44. The first-order chi connectivity index (χ1) is 18.2. The number of carbonyl (C=O) groups excluding carboxylic acids is 4. The Labute approximate surface area is 221 Å². The number of rotatable bonds is 11. The van der Waals surface area contributed by atoms with E-state index in [0.29, 0.717) is 22.7 Å². The molecule has 198 valence electrons. The molecule has 0 fully saturated rings. The zero-order valence-corrected chi connectivity index (χ0v) is 21.5. The number of amides is 2. The summed E-state index contributed by atoms with van der Waals surface area (Å²) in [4.78, 5) is 47.9. The molecule has 0 atom stereocenters. The Morgan fingerprint density at radius 1 is 0.711 bits per heavy atom. The van der Waals surface area contributed by atoms with Gasteiger partial charge < -0.3 is 24.8 Å². The van der Waals surface area contributed by atoms with Gasteiger partial charge in [0.1, 0.15) is 11.5 Å². The van der Waals surface area contributed by atoms with E-state index in [9.17, 15) is 19.2 Å². The number of nitrogens with one attached hydrogen (secondary N) is 2. The molecule has 0 aliphatic heterocycles. The molecular weight excluding hydrogens is 488 g/mol. The van der Waals surface area contributed by atoms with Crippen LogP contribution >= 0.6 is 0 Å². The van der Waals surface area contributed by atoms with Crippen LogP contribution in [-0.4, -0.2) is 37.0 Å². The van der Waals surface area contributed by atoms with Gasteiger partial charge in [-0.25, -0.2) is 4.79 Å². The van der Waals surface area contributed by atoms with Gasteiger partial charge in [-0.15, -0.1) is 0 Å². The molecule has 0 saturated carbocycles. The van der Waals surface area contributed by atoms with E-state index in [0.717, 1.165) is 16.9 Å². The second kappa shape index (κ2) is 13.6. The highest BCUT2D eigenvalue weighted by Crippen LogP contribution is 2.29. The van der Waals surface area contributed by atoms with Crippen LogP contribution in [0, 0.1) is 13.8 Å². The van der Waals surface area contributed by atoms with Gasteiger partial charge in [-0.05, 0) is 80.4 Å². The minimum absolute atomic E-state index is 0.101. The molecule has 0 unspecified atom stereocenters. The van der Waals surface area contributed by atoms with Gasteiger partial charge in [-0.3, -0.25) is 14.4 Å². The van der Waals surface area contributed by atoms with Crippen molar-refractivity contribution in [2.75, 3.05) is 23.8 Å². The largest absolute Gasteiger partial charge is 0.462 e. The highest BCUT2D eigenvalue weighted by Gasteiger charge is 2.12. The lowest BCUT2D eigenvalue weighted by atomic mass is 10.1. The number of hydrogen-bond donors (Lipinski definition) is 2. The lowest BCUT2D eigenvalue weighted by Crippen LogP contribution is -2.21. The van der Waals surface area contributed by atoms with Crippen LogP contribution in [0.2, 0.25) is 0 Å². The Kier molecular flexibility index (Phi) is 9.99. The first kappa shape index (κ1) is 27.9. The van der Waals surface area contributed by atoms with Crippen LogP contribution in [0.3, 0.4) is 0 Å². The second-order valence-corrected chi connectivity index (χ2v) is 8.40. The SMILES string of the molecule is CCOC(=O)c1ccc(NC(=O)COC(=O)CCC(=O)Nc2ccc(Oc3c(C)cccc3C)cc2)cc1. The Bertz CT molecular complexity index is 1270. The van der Waals surface area contributed by atoms with Crippen molar-refractivity contribution in [2.45, 2.75) is 33.6 Å². The van der Waals surface area contributed by atoms with Crippen LogP contribution in [-0.2, 0) is 23.9 Å². The molecule has 3 aromatic rings. The molecule has 0 saturated heterocycles. The molecule has 3 aromatic carbocycles. The van der Waals surface area contributed by atoms with Crippen molar-refractivity contribution in [2.24, 2.45) is 0 Å². The fourth-order valence-electron chi connectivity index (χ4n) is 3.44. The van der Waals surface area contributed by atoms with E-state index in [1.54, 1.807) is 43.3 Å².